The molecule has 2 N–H and O–H groups in total. The van der Waals surface area contributed by atoms with Crippen LogP contribution in [-0.2, 0) is 12.8 Å². The van der Waals surface area contributed by atoms with Crippen LogP contribution in [0.25, 0.3) is 0 Å². The van der Waals surface area contributed by atoms with Crippen molar-refractivity contribution in [1.82, 2.24) is 4.98 Å². The number of rotatable bonds is 3. The third kappa shape index (κ3) is 2.64. The molecule has 1 aromatic heterocycles. The molecule has 1 aromatic rings. The molecule has 1 aliphatic carbocycles. The van der Waals surface area contributed by atoms with E-state index in [4.69, 9.17) is 10.7 Å². The summed E-state index contributed by atoms with van der Waals surface area (Å²) in [5.41, 5.74) is 7.52. The topological polar surface area (TPSA) is 38.9 Å². The van der Waals surface area contributed by atoms with E-state index in [-0.39, 0.29) is 6.04 Å². The first-order valence-electron chi connectivity index (χ1n) is 6.30. The van der Waals surface area contributed by atoms with Gasteiger partial charge in [-0.05, 0) is 37.5 Å². The van der Waals surface area contributed by atoms with E-state index in [0.717, 1.165) is 23.8 Å². The van der Waals surface area contributed by atoms with Crippen molar-refractivity contribution in [2.75, 3.05) is 0 Å². The van der Waals surface area contributed by atoms with Crippen LogP contribution in [0.2, 0.25) is 0 Å². The molecule has 2 nitrogen and oxygen atoms in total. The minimum Gasteiger partial charge on any atom is -0.322 e. The summed E-state index contributed by atoms with van der Waals surface area (Å²) in [5, 5.41) is 1.16. The molecule has 1 aliphatic rings. The zero-order chi connectivity index (χ0) is 11.7. The van der Waals surface area contributed by atoms with Crippen molar-refractivity contribution in [2.24, 2.45) is 17.6 Å². The van der Waals surface area contributed by atoms with Crippen LogP contribution in [-0.4, -0.2) is 4.98 Å². The van der Waals surface area contributed by atoms with Crippen LogP contribution in [0.5, 0.6) is 0 Å². The first-order valence-corrected chi connectivity index (χ1v) is 7.12. The Balaban J connectivity index is 2.12. The van der Waals surface area contributed by atoms with Gasteiger partial charge in [-0.25, -0.2) is 4.98 Å². The van der Waals surface area contributed by atoms with Crippen molar-refractivity contribution < 1.29 is 0 Å². The maximum atomic E-state index is 6.19. The van der Waals surface area contributed by atoms with E-state index in [1.54, 1.807) is 0 Å². The van der Waals surface area contributed by atoms with Gasteiger partial charge in [-0.1, -0.05) is 20.8 Å². The fraction of sp³-hybridized carbons (Fsp3) is 0.769. The Labute approximate surface area is 102 Å². The summed E-state index contributed by atoms with van der Waals surface area (Å²) >= 11 is 1.85. The molecule has 0 fully saturated rings. The smallest absolute Gasteiger partial charge is 0.110 e. The minimum absolute atomic E-state index is 0.144. The quantitative estimate of drug-likeness (QED) is 0.877. The predicted octanol–water partition coefficient (Wildman–Crippen LogP) is 3.31. The number of thiazole rings is 1. The summed E-state index contributed by atoms with van der Waals surface area (Å²) in [6.45, 7) is 6.77. The van der Waals surface area contributed by atoms with Crippen molar-refractivity contribution >= 4 is 11.3 Å². The Morgan fingerprint density at radius 3 is 2.94 bits per heavy atom. The Morgan fingerprint density at radius 1 is 1.50 bits per heavy atom. The lowest BCUT2D eigenvalue weighted by Gasteiger charge is -2.15. The molecule has 1 heterocycles. The summed E-state index contributed by atoms with van der Waals surface area (Å²) in [4.78, 5) is 6.23. The standard InChI is InChI=1S/C13H22N2S/c1-8(2)6-10(14)13-15-11-5-4-9(3)7-12(11)16-13/h8-10H,4-7,14H2,1-3H3. The van der Waals surface area contributed by atoms with Gasteiger partial charge in [-0.15, -0.1) is 11.3 Å². The van der Waals surface area contributed by atoms with Crippen molar-refractivity contribution in [2.45, 2.75) is 52.5 Å². The van der Waals surface area contributed by atoms with Crippen LogP contribution in [0.3, 0.4) is 0 Å². The Kier molecular flexibility index (Phi) is 3.65. The highest BCUT2D eigenvalue weighted by Gasteiger charge is 2.22. The molecule has 0 amide bonds. The van der Waals surface area contributed by atoms with E-state index in [1.807, 2.05) is 11.3 Å². The molecule has 3 heteroatoms. The molecule has 90 valence electrons. The minimum atomic E-state index is 0.144. The second kappa shape index (κ2) is 4.84. The van der Waals surface area contributed by atoms with E-state index in [1.165, 1.54) is 23.4 Å². The largest absolute Gasteiger partial charge is 0.322 e. The molecular weight excluding hydrogens is 216 g/mol. The van der Waals surface area contributed by atoms with E-state index >= 15 is 0 Å². The number of aryl methyl sites for hydroxylation is 1. The van der Waals surface area contributed by atoms with E-state index in [0.29, 0.717) is 5.92 Å². The molecule has 0 radical (unpaired) electrons. The van der Waals surface area contributed by atoms with Gasteiger partial charge in [0.05, 0.1) is 11.7 Å². The molecule has 0 saturated carbocycles. The van der Waals surface area contributed by atoms with Crippen molar-refractivity contribution in [1.29, 1.82) is 0 Å². The van der Waals surface area contributed by atoms with Gasteiger partial charge in [0.25, 0.3) is 0 Å². The van der Waals surface area contributed by atoms with Gasteiger partial charge in [-0.2, -0.15) is 0 Å². The molecule has 2 rings (SSSR count). The summed E-state index contributed by atoms with van der Waals surface area (Å²) in [5.74, 6) is 1.47. The van der Waals surface area contributed by atoms with Gasteiger partial charge < -0.3 is 5.73 Å². The molecule has 0 aromatic carbocycles. The summed E-state index contributed by atoms with van der Waals surface area (Å²) in [7, 11) is 0. The average molecular weight is 238 g/mol. The van der Waals surface area contributed by atoms with E-state index in [9.17, 15) is 0 Å². The van der Waals surface area contributed by atoms with Crippen LogP contribution in [0.4, 0.5) is 0 Å². The lowest BCUT2D eigenvalue weighted by atomic mass is 9.93. The van der Waals surface area contributed by atoms with Gasteiger partial charge in [0.1, 0.15) is 5.01 Å². The third-order valence-corrected chi connectivity index (χ3v) is 4.50. The van der Waals surface area contributed by atoms with Gasteiger partial charge in [-0.3, -0.25) is 0 Å². The van der Waals surface area contributed by atoms with Crippen molar-refractivity contribution in [3.05, 3.63) is 15.6 Å². The highest BCUT2D eigenvalue weighted by molar-refractivity contribution is 7.11. The van der Waals surface area contributed by atoms with Crippen LogP contribution in [0, 0.1) is 11.8 Å². The van der Waals surface area contributed by atoms with Gasteiger partial charge in [0, 0.05) is 4.88 Å². The Bertz CT molecular complexity index is 357. The number of nitrogens with two attached hydrogens (primary N) is 1. The molecule has 2 atom stereocenters. The second-order valence-corrected chi connectivity index (χ2v) is 6.62. The normalized spacial score (nSPS) is 22.2. The molecule has 0 bridgehead atoms. The monoisotopic (exact) mass is 238 g/mol. The number of aromatic nitrogens is 1. The summed E-state index contributed by atoms with van der Waals surface area (Å²) < 4.78 is 0. The number of fused-ring (bicyclic) bond motifs is 1. The maximum Gasteiger partial charge on any atom is 0.110 e. The SMILES string of the molecule is CC(C)CC(N)c1nc2c(s1)CC(C)CC2. The molecule has 0 saturated heterocycles. The fourth-order valence-corrected chi connectivity index (χ4v) is 3.62. The lowest BCUT2D eigenvalue weighted by Crippen LogP contribution is -2.13. The summed E-state index contributed by atoms with van der Waals surface area (Å²) in [6, 6.07) is 0.144. The predicted molar refractivity (Wildman–Crippen MR) is 69.7 cm³/mol. The number of hydrogen-bond donors (Lipinski definition) is 1. The number of nitrogens with zero attached hydrogens (tertiary/aromatic N) is 1. The first kappa shape index (κ1) is 12.1. The van der Waals surface area contributed by atoms with E-state index in [2.05, 4.69) is 20.8 Å². The number of hydrogen-bond acceptors (Lipinski definition) is 3. The van der Waals surface area contributed by atoms with Gasteiger partial charge in [0.2, 0.25) is 0 Å². The molecule has 0 aliphatic heterocycles. The lowest BCUT2D eigenvalue weighted by molar-refractivity contribution is 0.495. The molecule has 0 spiro atoms. The first-order chi connectivity index (χ1) is 7.56. The van der Waals surface area contributed by atoms with Crippen LogP contribution in [0.15, 0.2) is 0 Å². The third-order valence-electron chi connectivity index (χ3n) is 3.25. The fourth-order valence-electron chi connectivity index (χ4n) is 2.33. The van der Waals surface area contributed by atoms with Crippen molar-refractivity contribution in [3.8, 4) is 0 Å². The van der Waals surface area contributed by atoms with Crippen molar-refractivity contribution in [3.63, 3.8) is 0 Å². The molecule has 16 heavy (non-hydrogen) atoms. The van der Waals surface area contributed by atoms with E-state index < -0.39 is 0 Å². The zero-order valence-electron chi connectivity index (χ0n) is 10.5. The Morgan fingerprint density at radius 2 is 2.25 bits per heavy atom. The summed E-state index contributed by atoms with van der Waals surface area (Å²) in [6.07, 6.45) is 4.69. The highest BCUT2D eigenvalue weighted by Crippen LogP contribution is 2.32. The Hall–Kier alpha value is -0.410. The zero-order valence-corrected chi connectivity index (χ0v) is 11.3. The van der Waals surface area contributed by atoms with Crippen LogP contribution < -0.4 is 5.73 Å². The van der Waals surface area contributed by atoms with Gasteiger partial charge in [0.15, 0.2) is 0 Å². The molecular formula is C13H22N2S. The second-order valence-electron chi connectivity index (χ2n) is 5.51. The van der Waals surface area contributed by atoms with Crippen LogP contribution in [0.1, 0.15) is 55.2 Å². The van der Waals surface area contributed by atoms with Gasteiger partial charge >= 0.3 is 0 Å². The van der Waals surface area contributed by atoms with Crippen LogP contribution >= 0.6 is 11.3 Å². The molecule has 2 unspecified atom stereocenters. The maximum absolute atomic E-state index is 6.19. The highest BCUT2D eigenvalue weighted by atomic mass is 32.1. The average Bonchev–Trinajstić information content (AvgIpc) is 2.59.